The lowest BCUT2D eigenvalue weighted by molar-refractivity contribution is -0.190. The number of rotatable bonds is 5. The molecule has 0 radical (unpaired) electrons. The molecule has 0 aliphatic carbocycles. The number of piperazine rings is 1. The minimum Gasteiger partial charge on any atom is -0.493 e. The summed E-state index contributed by atoms with van der Waals surface area (Å²) in [7, 11) is 4.12. The highest BCUT2D eigenvalue weighted by Gasteiger charge is 2.62. The van der Waals surface area contributed by atoms with Crippen LogP contribution in [-0.4, -0.2) is 117 Å². The van der Waals surface area contributed by atoms with Crippen molar-refractivity contribution in [2.75, 3.05) is 47.0 Å². The minimum atomic E-state index is -5.51. The quantitative estimate of drug-likeness (QED) is 0.120. The zero-order chi connectivity index (χ0) is 51.4. The summed E-state index contributed by atoms with van der Waals surface area (Å²) in [6, 6.07) is 1.48. The summed E-state index contributed by atoms with van der Waals surface area (Å²) in [4.78, 5) is 57.3. The van der Waals surface area contributed by atoms with Crippen LogP contribution < -0.4 is 38.5 Å². The van der Waals surface area contributed by atoms with E-state index in [1.807, 2.05) is 0 Å². The summed E-state index contributed by atoms with van der Waals surface area (Å²) in [6.45, 7) is 6.95. The fourth-order valence-corrected chi connectivity index (χ4v) is 12.5. The largest absolute Gasteiger partial charge is 0.514 e. The maximum atomic E-state index is 15.1. The number of methoxy groups -OCH3 is 2. The molecule has 3 aromatic rings. The van der Waals surface area contributed by atoms with E-state index >= 15 is 4.79 Å². The minimum absolute atomic E-state index is 0.0103. The molecule has 3 aromatic carbocycles. The van der Waals surface area contributed by atoms with Gasteiger partial charge in [0.15, 0.2) is 40.0 Å². The molecule has 7 aliphatic rings. The van der Waals surface area contributed by atoms with Crippen LogP contribution >= 0.6 is 11.8 Å². The first-order valence-corrected chi connectivity index (χ1v) is 23.2. The number of carbonyl (C=O) groups excluding carboxylic acids is 4. The van der Waals surface area contributed by atoms with Gasteiger partial charge in [-0.25, -0.2) is 19.2 Å². The number of aryl methyl sites for hydroxylation is 1. The van der Waals surface area contributed by atoms with Gasteiger partial charge in [0.25, 0.3) is 0 Å². The van der Waals surface area contributed by atoms with Crippen molar-refractivity contribution in [2.24, 2.45) is 0 Å². The van der Waals surface area contributed by atoms with E-state index in [4.69, 9.17) is 42.6 Å². The van der Waals surface area contributed by atoms with Gasteiger partial charge in [-0.2, -0.15) is 31.6 Å². The lowest BCUT2D eigenvalue weighted by Gasteiger charge is -2.62. The number of hydrogen-bond acceptors (Lipinski definition) is 18. The number of carbonyl (C=O) groups is 4. The Bertz CT molecular complexity index is 2810. The molecule has 71 heavy (non-hydrogen) atoms. The Balaban J connectivity index is 1.30. The van der Waals surface area contributed by atoms with Gasteiger partial charge in [0, 0.05) is 46.6 Å². The smallest absolute Gasteiger partial charge is 0.493 e. The number of likely N-dealkylation sites (N-methyl/N-ethyl adjacent to an activating group) is 1. The number of benzene rings is 3. The maximum Gasteiger partial charge on any atom is 0.514 e. The van der Waals surface area contributed by atoms with Crippen molar-refractivity contribution in [1.29, 1.82) is 5.26 Å². The molecular formula is C47H46F6N4O13S. The van der Waals surface area contributed by atoms with Crippen molar-refractivity contribution in [2.45, 2.75) is 106 Å². The summed E-state index contributed by atoms with van der Waals surface area (Å²) < 4.78 is 136. The molecule has 7 aliphatic heterocycles. The first kappa shape index (κ1) is 49.8. The fourth-order valence-electron chi connectivity index (χ4n) is 10.8. The van der Waals surface area contributed by atoms with Gasteiger partial charge < -0.3 is 42.6 Å². The topological polar surface area (TPSA) is 194 Å². The highest BCUT2D eigenvalue weighted by Crippen LogP contribution is 2.65. The molecule has 380 valence electrons. The predicted octanol–water partition coefficient (Wildman–Crippen LogP) is 6.90. The first-order chi connectivity index (χ1) is 33.3. The zero-order valence-corrected chi connectivity index (χ0v) is 40.1. The van der Waals surface area contributed by atoms with Crippen LogP contribution in [0.15, 0.2) is 18.2 Å². The van der Waals surface area contributed by atoms with E-state index < -0.39 is 108 Å². The highest BCUT2D eigenvalue weighted by molar-refractivity contribution is 7.99. The summed E-state index contributed by atoms with van der Waals surface area (Å²) >= 11 is 0.992. The van der Waals surface area contributed by atoms with Gasteiger partial charge in [0.2, 0.25) is 6.79 Å². The second-order valence-corrected chi connectivity index (χ2v) is 19.9. The lowest BCUT2D eigenvalue weighted by Crippen LogP contribution is -2.69. The maximum absolute atomic E-state index is 15.1. The molecule has 0 aromatic heterocycles. The second-order valence-electron chi connectivity index (χ2n) is 18.8. The van der Waals surface area contributed by atoms with Gasteiger partial charge in [-0.15, -0.1) is 11.8 Å². The molecule has 4 bridgehead atoms. The summed E-state index contributed by atoms with van der Waals surface area (Å²) in [5.41, 5.74) is -1.17. The number of ether oxygens (including phenoxy) is 9. The van der Waals surface area contributed by atoms with Crippen LogP contribution in [0.1, 0.15) is 82.6 Å². The number of hydrogen-bond donors (Lipinski definition) is 1. The summed E-state index contributed by atoms with van der Waals surface area (Å²) in [6.07, 6.45) is -11.7. The first-order valence-electron chi connectivity index (χ1n) is 22.1. The van der Waals surface area contributed by atoms with Crippen molar-refractivity contribution in [3.8, 4) is 46.3 Å². The number of nitrogens with zero attached hydrogens (tertiary/aromatic N) is 3. The van der Waals surface area contributed by atoms with Crippen LogP contribution in [0.3, 0.4) is 0 Å². The fraction of sp³-hybridized carbons (Fsp3) is 0.511. The van der Waals surface area contributed by atoms with Gasteiger partial charge in [-0.1, -0.05) is 6.07 Å². The molecular weight excluding hydrogens is 975 g/mol. The van der Waals surface area contributed by atoms with Crippen LogP contribution in [0.4, 0.5) is 31.1 Å². The number of esters is 3. The van der Waals surface area contributed by atoms with Crippen molar-refractivity contribution in [1.82, 2.24) is 15.1 Å². The van der Waals surface area contributed by atoms with E-state index in [1.54, 1.807) is 50.6 Å². The van der Waals surface area contributed by atoms with Gasteiger partial charge in [-0.05, 0) is 88.9 Å². The predicted molar refractivity (Wildman–Crippen MR) is 234 cm³/mol. The third-order valence-electron chi connectivity index (χ3n) is 13.6. The van der Waals surface area contributed by atoms with E-state index in [1.165, 1.54) is 33.3 Å². The van der Waals surface area contributed by atoms with E-state index in [2.05, 4.69) is 11.4 Å². The molecule has 24 heteroatoms. The third-order valence-corrected chi connectivity index (χ3v) is 15.1. The molecule has 7 heterocycles. The number of nitriles is 1. The number of nitrogens with one attached hydrogen (secondary N) is 1. The monoisotopic (exact) mass is 1020 g/mol. The SMILES string of the molecule is COc1cc2c(cc1OC(=O)OC(C)(C)C)CCNC21CSC2c3c(OC(=O)C(F)(F)F)c(C)c4c(c3C(COC1=O)N1C(C#N)C3Cc5cc(C)c(OC)c(OC(=O)C(F)(F)F)c5C(C21)N3C)OCO4. The Morgan fingerprint density at radius 2 is 1.54 bits per heavy atom. The molecule has 0 amide bonds. The van der Waals surface area contributed by atoms with E-state index in [0.717, 1.165) is 11.8 Å². The van der Waals surface area contributed by atoms with Crippen LogP contribution in [-0.2, 0) is 42.2 Å². The summed E-state index contributed by atoms with van der Waals surface area (Å²) in [5.74, 6) is -7.70. The highest BCUT2D eigenvalue weighted by atomic mass is 32.2. The van der Waals surface area contributed by atoms with Crippen LogP contribution in [0.25, 0.3) is 0 Å². The standard InChI is InChI=1S/C47H46F6N4O13S/c1-19-11-22-12-24-25(15-54)57-26-16-64-40(58)45(23-14-27(62-7)28(13-21(23)9-10-55-45)67-43(61)70-44(3,4)5)17-71-39(31-30(26)37-36(65-18-66-37)20(2)35(31)68-41(59)46(48,49)50)33(57)32(56(24)6)29(22)38(34(19)63-8)69-42(60)47(51,52)53/h11,13-14,24-26,32-33,39,55H,9-10,12,16-18H2,1-8H3. The Morgan fingerprint density at radius 3 is 2.17 bits per heavy atom. The normalized spacial score (nSPS) is 25.6. The van der Waals surface area contributed by atoms with Crippen LogP contribution in [0.5, 0.6) is 40.2 Å². The molecule has 2 saturated heterocycles. The van der Waals surface area contributed by atoms with Gasteiger partial charge in [-0.3, -0.25) is 15.1 Å². The Labute approximate surface area is 405 Å². The zero-order valence-electron chi connectivity index (χ0n) is 39.3. The van der Waals surface area contributed by atoms with Crippen molar-refractivity contribution in [3.05, 3.63) is 62.7 Å². The van der Waals surface area contributed by atoms with Crippen LogP contribution in [0.2, 0.25) is 0 Å². The van der Waals surface area contributed by atoms with Gasteiger partial charge in [0.1, 0.15) is 24.0 Å². The third kappa shape index (κ3) is 8.17. The number of thioether (sulfide) groups is 1. The number of halogens is 6. The molecule has 0 saturated carbocycles. The molecule has 10 rings (SSSR count). The lowest BCUT2D eigenvalue weighted by atomic mass is 9.71. The van der Waals surface area contributed by atoms with Gasteiger partial charge >= 0.3 is 36.4 Å². The Morgan fingerprint density at radius 1 is 0.859 bits per heavy atom. The summed E-state index contributed by atoms with van der Waals surface area (Å²) in [5, 5.41) is 13.3. The van der Waals surface area contributed by atoms with Crippen molar-refractivity contribution >= 4 is 35.8 Å². The number of alkyl halides is 6. The van der Waals surface area contributed by atoms with Crippen molar-refractivity contribution < 1.29 is 88.2 Å². The Hall–Kier alpha value is -6.16. The molecule has 7 unspecified atom stereocenters. The average molecular weight is 1020 g/mol. The number of fused-ring (bicyclic) bond motifs is 9. The van der Waals surface area contributed by atoms with Crippen molar-refractivity contribution in [3.63, 3.8) is 0 Å². The second kappa shape index (κ2) is 17.6. The molecule has 17 nitrogen and oxygen atoms in total. The molecule has 7 atom stereocenters. The molecule has 1 spiro atoms. The Kier molecular flexibility index (Phi) is 12.3. The average Bonchev–Trinajstić information content (AvgIpc) is 3.78. The molecule has 1 N–H and O–H groups in total. The van der Waals surface area contributed by atoms with E-state index in [0.29, 0.717) is 22.3 Å². The van der Waals surface area contributed by atoms with E-state index in [-0.39, 0.29) is 76.1 Å². The van der Waals surface area contributed by atoms with Gasteiger partial charge in [0.05, 0.1) is 37.6 Å². The van der Waals surface area contributed by atoms with E-state index in [9.17, 15) is 46.0 Å². The molecule has 2 fully saturated rings. The van der Waals surface area contributed by atoms with Crippen LogP contribution in [0, 0.1) is 25.2 Å².